The lowest BCUT2D eigenvalue weighted by molar-refractivity contribution is 0.340. The molecule has 0 fully saturated rings. The summed E-state index contributed by atoms with van der Waals surface area (Å²) in [4.78, 5) is 3.07. The summed E-state index contributed by atoms with van der Waals surface area (Å²) in [5, 5.41) is 0. The number of pyridine rings is 1. The SMILES string of the molecule is CCOc1ccc(C#Cc2ccc(F)nc2F)cc1. The van der Waals surface area contributed by atoms with Crippen molar-refractivity contribution in [3.63, 3.8) is 0 Å². The zero-order chi connectivity index (χ0) is 13.7. The normalized spacial score (nSPS) is 9.63. The van der Waals surface area contributed by atoms with Gasteiger partial charge < -0.3 is 4.74 Å². The van der Waals surface area contributed by atoms with Crippen LogP contribution in [0.4, 0.5) is 8.78 Å². The maximum atomic E-state index is 13.2. The zero-order valence-corrected chi connectivity index (χ0v) is 10.3. The summed E-state index contributed by atoms with van der Waals surface area (Å²) in [7, 11) is 0. The van der Waals surface area contributed by atoms with E-state index in [1.165, 1.54) is 6.07 Å². The highest BCUT2D eigenvalue weighted by Crippen LogP contribution is 2.11. The molecule has 0 radical (unpaired) electrons. The standard InChI is InChI=1S/C15H11F2NO/c1-2-19-13-8-4-11(5-9-13)3-6-12-7-10-14(16)18-15(12)17/h4-5,7-10H,2H2,1H3. The Morgan fingerprint density at radius 3 is 2.42 bits per heavy atom. The first-order valence-corrected chi connectivity index (χ1v) is 5.76. The lowest BCUT2D eigenvalue weighted by Crippen LogP contribution is -1.92. The number of halogens is 2. The molecule has 1 aromatic heterocycles. The van der Waals surface area contributed by atoms with Crippen LogP contribution in [-0.2, 0) is 0 Å². The molecule has 0 saturated carbocycles. The largest absolute Gasteiger partial charge is 0.494 e. The molecule has 0 bridgehead atoms. The van der Waals surface area contributed by atoms with Crippen molar-refractivity contribution < 1.29 is 13.5 Å². The van der Waals surface area contributed by atoms with Crippen LogP contribution in [0.1, 0.15) is 18.1 Å². The number of nitrogens with zero attached hydrogens (tertiary/aromatic N) is 1. The van der Waals surface area contributed by atoms with Gasteiger partial charge in [-0.3, -0.25) is 0 Å². The van der Waals surface area contributed by atoms with Gasteiger partial charge in [-0.2, -0.15) is 13.8 Å². The van der Waals surface area contributed by atoms with Crippen LogP contribution < -0.4 is 4.74 Å². The van der Waals surface area contributed by atoms with Gasteiger partial charge in [0.15, 0.2) is 0 Å². The molecule has 96 valence electrons. The third-order valence-electron chi connectivity index (χ3n) is 2.32. The van der Waals surface area contributed by atoms with Gasteiger partial charge in [-0.25, -0.2) is 0 Å². The molecule has 19 heavy (non-hydrogen) atoms. The summed E-state index contributed by atoms with van der Waals surface area (Å²) in [6.07, 6.45) is 0. The Balaban J connectivity index is 2.19. The summed E-state index contributed by atoms with van der Waals surface area (Å²) in [5.41, 5.74) is 0.780. The topological polar surface area (TPSA) is 22.1 Å². The number of benzene rings is 1. The highest BCUT2D eigenvalue weighted by Gasteiger charge is 2.01. The monoisotopic (exact) mass is 259 g/mol. The number of rotatable bonds is 2. The Labute approximate surface area is 110 Å². The van der Waals surface area contributed by atoms with Crippen LogP contribution in [0.3, 0.4) is 0 Å². The minimum atomic E-state index is -0.904. The van der Waals surface area contributed by atoms with Gasteiger partial charge in [0.05, 0.1) is 12.2 Å². The Hall–Kier alpha value is -2.41. The van der Waals surface area contributed by atoms with E-state index in [0.717, 1.165) is 11.8 Å². The minimum absolute atomic E-state index is 0.0651. The number of ether oxygens (including phenoxy) is 1. The average Bonchev–Trinajstić information content (AvgIpc) is 2.40. The molecule has 4 heteroatoms. The van der Waals surface area contributed by atoms with Crippen molar-refractivity contribution in [2.24, 2.45) is 0 Å². The lowest BCUT2D eigenvalue weighted by atomic mass is 10.2. The number of hydrogen-bond acceptors (Lipinski definition) is 2. The van der Waals surface area contributed by atoms with E-state index in [1.54, 1.807) is 24.3 Å². The Kier molecular flexibility index (Phi) is 4.09. The maximum Gasteiger partial charge on any atom is 0.231 e. The van der Waals surface area contributed by atoms with E-state index in [4.69, 9.17) is 4.74 Å². The lowest BCUT2D eigenvalue weighted by Gasteiger charge is -2.01. The molecule has 0 aliphatic carbocycles. The summed E-state index contributed by atoms with van der Waals surface area (Å²) in [5.74, 6) is 4.39. The fraction of sp³-hybridized carbons (Fsp3) is 0.133. The first kappa shape index (κ1) is 13.0. The van der Waals surface area contributed by atoms with Gasteiger partial charge in [-0.05, 0) is 43.3 Å². The van der Waals surface area contributed by atoms with Gasteiger partial charge in [0.25, 0.3) is 0 Å². The minimum Gasteiger partial charge on any atom is -0.494 e. The van der Waals surface area contributed by atoms with E-state index in [1.807, 2.05) is 6.92 Å². The van der Waals surface area contributed by atoms with Crippen molar-refractivity contribution in [1.29, 1.82) is 0 Å². The molecule has 1 heterocycles. The molecular formula is C15H11F2NO. The smallest absolute Gasteiger partial charge is 0.231 e. The molecule has 0 spiro atoms. The summed E-state index contributed by atoms with van der Waals surface area (Å²) < 4.78 is 31.2. The van der Waals surface area contributed by atoms with Crippen molar-refractivity contribution in [2.75, 3.05) is 6.61 Å². The van der Waals surface area contributed by atoms with Gasteiger partial charge in [0.1, 0.15) is 5.75 Å². The van der Waals surface area contributed by atoms with Crippen LogP contribution in [-0.4, -0.2) is 11.6 Å². The van der Waals surface area contributed by atoms with Gasteiger partial charge in [0.2, 0.25) is 11.9 Å². The van der Waals surface area contributed by atoms with Crippen LogP contribution in [0.5, 0.6) is 5.75 Å². The molecule has 0 amide bonds. The van der Waals surface area contributed by atoms with E-state index < -0.39 is 11.9 Å². The van der Waals surface area contributed by atoms with Crippen LogP contribution >= 0.6 is 0 Å². The molecule has 2 rings (SSSR count). The van der Waals surface area contributed by atoms with Crippen molar-refractivity contribution in [3.05, 3.63) is 59.4 Å². The molecular weight excluding hydrogens is 248 g/mol. The van der Waals surface area contributed by atoms with Gasteiger partial charge >= 0.3 is 0 Å². The molecule has 0 atom stereocenters. The molecule has 1 aromatic carbocycles. The second-order valence-electron chi connectivity index (χ2n) is 3.68. The van der Waals surface area contributed by atoms with Crippen LogP contribution in [0, 0.1) is 23.7 Å². The highest BCUT2D eigenvalue weighted by molar-refractivity contribution is 5.43. The summed E-state index contributed by atoms with van der Waals surface area (Å²) >= 11 is 0. The first-order chi connectivity index (χ1) is 9.19. The van der Waals surface area contributed by atoms with Crippen molar-refractivity contribution >= 4 is 0 Å². The fourth-order valence-electron chi connectivity index (χ4n) is 1.45. The third-order valence-corrected chi connectivity index (χ3v) is 2.32. The molecule has 0 aliphatic heterocycles. The molecule has 0 saturated heterocycles. The number of aromatic nitrogens is 1. The second kappa shape index (κ2) is 5.96. The Bertz CT molecular complexity index is 627. The third kappa shape index (κ3) is 3.52. The fourth-order valence-corrected chi connectivity index (χ4v) is 1.45. The predicted molar refractivity (Wildman–Crippen MR) is 67.7 cm³/mol. The quantitative estimate of drug-likeness (QED) is 0.610. The molecule has 2 aromatic rings. The predicted octanol–water partition coefficient (Wildman–Crippen LogP) is 3.16. The second-order valence-corrected chi connectivity index (χ2v) is 3.68. The van der Waals surface area contributed by atoms with E-state index >= 15 is 0 Å². The average molecular weight is 259 g/mol. The number of hydrogen-bond donors (Lipinski definition) is 0. The van der Waals surface area contributed by atoms with E-state index in [-0.39, 0.29) is 5.56 Å². The zero-order valence-electron chi connectivity index (χ0n) is 10.3. The van der Waals surface area contributed by atoms with E-state index in [2.05, 4.69) is 16.8 Å². The van der Waals surface area contributed by atoms with E-state index in [0.29, 0.717) is 12.2 Å². The summed E-state index contributed by atoms with van der Waals surface area (Å²) in [6, 6.07) is 9.45. The van der Waals surface area contributed by atoms with Crippen LogP contribution in [0.2, 0.25) is 0 Å². The molecule has 0 aliphatic rings. The van der Waals surface area contributed by atoms with Crippen molar-refractivity contribution in [2.45, 2.75) is 6.92 Å². The van der Waals surface area contributed by atoms with Crippen molar-refractivity contribution in [3.8, 4) is 17.6 Å². The van der Waals surface area contributed by atoms with Crippen LogP contribution in [0.25, 0.3) is 0 Å². The summed E-state index contributed by atoms with van der Waals surface area (Å²) in [6.45, 7) is 2.50. The Morgan fingerprint density at radius 1 is 1.05 bits per heavy atom. The maximum absolute atomic E-state index is 13.2. The van der Waals surface area contributed by atoms with Crippen LogP contribution in [0.15, 0.2) is 36.4 Å². The molecule has 0 unspecified atom stereocenters. The first-order valence-electron chi connectivity index (χ1n) is 5.76. The Morgan fingerprint density at radius 2 is 1.79 bits per heavy atom. The molecule has 0 N–H and O–H groups in total. The van der Waals surface area contributed by atoms with Gasteiger partial charge in [-0.15, -0.1) is 0 Å². The van der Waals surface area contributed by atoms with Gasteiger partial charge in [-0.1, -0.05) is 11.8 Å². The van der Waals surface area contributed by atoms with Crippen molar-refractivity contribution in [1.82, 2.24) is 4.98 Å². The molecule has 2 nitrogen and oxygen atoms in total. The van der Waals surface area contributed by atoms with Gasteiger partial charge in [0, 0.05) is 5.56 Å². The van der Waals surface area contributed by atoms with E-state index in [9.17, 15) is 8.78 Å². The highest BCUT2D eigenvalue weighted by atomic mass is 19.1.